The van der Waals surface area contributed by atoms with Crippen LogP contribution in [0.5, 0.6) is 0 Å². The summed E-state index contributed by atoms with van der Waals surface area (Å²) in [6.45, 7) is 8.97. The molecule has 0 spiro atoms. The number of benzene rings is 2. The molecule has 0 bridgehead atoms. The molecule has 0 aliphatic carbocycles. The summed E-state index contributed by atoms with van der Waals surface area (Å²) in [6, 6.07) is 8.41. The Balaban J connectivity index is 0.818. The molecule has 3 saturated heterocycles. The summed E-state index contributed by atoms with van der Waals surface area (Å²) in [5.41, 5.74) is 11.5. The molecule has 15 nitrogen and oxygen atoms in total. The van der Waals surface area contributed by atoms with Gasteiger partial charge in [-0.1, -0.05) is 17.9 Å². The lowest BCUT2D eigenvalue weighted by Crippen LogP contribution is -2.48. The van der Waals surface area contributed by atoms with Gasteiger partial charge in [-0.15, -0.1) is 0 Å². The van der Waals surface area contributed by atoms with Crippen LogP contribution in [0.3, 0.4) is 0 Å². The average molecular weight is 934 g/mol. The summed E-state index contributed by atoms with van der Waals surface area (Å²) in [6.07, 6.45) is 8.72. The van der Waals surface area contributed by atoms with E-state index in [4.69, 9.17) is 5.73 Å². The van der Waals surface area contributed by atoms with E-state index in [0.29, 0.717) is 60.3 Å². The van der Waals surface area contributed by atoms with E-state index in [2.05, 4.69) is 37.3 Å². The summed E-state index contributed by atoms with van der Waals surface area (Å²) in [4.78, 5) is 63.1. The normalized spacial score (nSPS) is 20.6. The largest absolute Gasteiger partial charge is 0.404 e. The minimum atomic E-state index is -2.75. The zero-order valence-corrected chi connectivity index (χ0v) is 39.6. The fourth-order valence-electron chi connectivity index (χ4n) is 10.7. The number of nitrogens with one attached hydrogen (secondary N) is 3. The second kappa shape index (κ2) is 21.5. The number of unbranched alkanes of at least 4 members (excludes halogenated alkanes) is 1. The van der Waals surface area contributed by atoms with E-state index < -0.39 is 18.4 Å². The predicted octanol–water partition coefficient (Wildman–Crippen LogP) is 5.09. The first kappa shape index (κ1) is 48.3. The van der Waals surface area contributed by atoms with E-state index in [-0.39, 0.29) is 53.7 Å². The molecule has 5 aliphatic heterocycles. The van der Waals surface area contributed by atoms with Crippen molar-refractivity contribution >= 4 is 52.1 Å². The van der Waals surface area contributed by atoms with Crippen molar-refractivity contribution in [3.8, 4) is 11.8 Å². The zero-order valence-electron chi connectivity index (χ0n) is 39.6. The number of hydrogen-bond donors (Lipinski definition) is 4. The number of amides is 3. The Morgan fingerprint density at radius 3 is 2.37 bits per heavy atom. The van der Waals surface area contributed by atoms with Crippen LogP contribution in [-0.4, -0.2) is 126 Å². The van der Waals surface area contributed by atoms with E-state index in [0.717, 1.165) is 107 Å². The lowest BCUT2D eigenvalue weighted by atomic mass is 9.91. The monoisotopic (exact) mass is 934 g/mol. The maximum Gasteiger partial charge on any atom is 0.329 e. The van der Waals surface area contributed by atoms with Gasteiger partial charge in [-0.05, 0) is 119 Å². The number of aryl methyl sites for hydroxylation is 2. The van der Waals surface area contributed by atoms with E-state index >= 15 is 0 Å². The maximum absolute atomic E-state index is 14.6. The molecule has 1 atom stereocenters. The average Bonchev–Trinajstić information content (AvgIpc) is 3.59. The summed E-state index contributed by atoms with van der Waals surface area (Å²) in [5.74, 6) is 6.55. The number of imidazole rings is 1. The van der Waals surface area contributed by atoms with Crippen LogP contribution < -0.4 is 27.0 Å². The summed E-state index contributed by atoms with van der Waals surface area (Å²) in [5, 5.41) is 15.7. The van der Waals surface area contributed by atoms with Crippen molar-refractivity contribution in [2.45, 2.75) is 96.1 Å². The van der Waals surface area contributed by atoms with Crippen LogP contribution >= 0.6 is 0 Å². The smallest absolute Gasteiger partial charge is 0.329 e. The molecule has 5 N–H and O–H groups in total. The summed E-state index contributed by atoms with van der Waals surface area (Å²) < 4.78 is 32.2. The number of anilines is 1. The van der Waals surface area contributed by atoms with Gasteiger partial charge in [0.15, 0.2) is 0 Å². The molecule has 3 amide bonds. The molecule has 17 heteroatoms. The van der Waals surface area contributed by atoms with Crippen molar-refractivity contribution < 1.29 is 23.2 Å². The van der Waals surface area contributed by atoms with Crippen molar-refractivity contribution in [1.82, 2.24) is 34.5 Å². The Bertz CT molecular complexity index is 2640. The lowest BCUT2D eigenvalue weighted by Gasteiger charge is -2.39. The Kier molecular flexibility index (Phi) is 15.2. The number of amidine groups is 1. The van der Waals surface area contributed by atoms with Crippen LogP contribution in [0.25, 0.3) is 16.6 Å². The highest BCUT2D eigenvalue weighted by molar-refractivity contribution is 6.12. The number of nitrogens with zero attached hydrogens (tertiary/aromatic N) is 7. The molecule has 0 saturated carbocycles. The van der Waals surface area contributed by atoms with Gasteiger partial charge in [-0.2, -0.15) is 0 Å². The van der Waals surface area contributed by atoms with Crippen LogP contribution in [-0.2, 0) is 27.9 Å². The third-order valence-corrected chi connectivity index (χ3v) is 14.5. The number of rotatable bonds is 12. The lowest BCUT2D eigenvalue weighted by molar-refractivity contribution is -0.135. The van der Waals surface area contributed by atoms with E-state index in [1.165, 1.54) is 23.0 Å². The van der Waals surface area contributed by atoms with Crippen molar-refractivity contribution in [1.29, 1.82) is 5.41 Å². The number of carbonyl (C=O) groups excluding carboxylic acids is 3. The fraction of sp³-hybridized carbons (Fsp3) is 0.529. The summed E-state index contributed by atoms with van der Waals surface area (Å²) in [7, 11) is 3.28. The fourth-order valence-corrected chi connectivity index (χ4v) is 10.7. The highest BCUT2D eigenvalue weighted by Gasteiger charge is 2.34. The number of nitrogens with two attached hydrogens (primary N) is 1. The first-order chi connectivity index (χ1) is 32.8. The van der Waals surface area contributed by atoms with E-state index in [1.54, 1.807) is 36.6 Å². The second-order valence-electron chi connectivity index (χ2n) is 18.8. The van der Waals surface area contributed by atoms with Gasteiger partial charge < -0.3 is 30.7 Å². The van der Waals surface area contributed by atoms with Gasteiger partial charge >= 0.3 is 5.69 Å². The highest BCUT2D eigenvalue weighted by atomic mass is 19.3. The summed E-state index contributed by atoms with van der Waals surface area (Å²) >= 11 is 0. The number of alkyl halides is 2. The van der Waals surface area contributed by atoms with Gasteiger partial charge in [0.2, 0.25) is 17.7 Å². The van der Waals surface area contributed by atoms with Gasteiger partial charge in [0.25, 0.3) is 6.43 Å². The Morgan fingerprint density at radius 1 is 0.985 bits per heavy atom. The molecule has 5 aliphatic rings. The first-order valence-electron chi connectivity index (χ1n) is 24.2. The Hall–Kier alpha value is -6.12. The molecular formula is C51H65F2N11O4. The molecule has 1 unspecified atom stereocenters. The molecular weight excluding hydrogens is 869 g/mol. The van der Waals surface area contributed by atoms with Crippen molar-refractivity contribution in [2.75, 3.05) is 70.9 Å². The van der Waals surface area contributed by atoms with Gasteiger partial charge in [0.1, 0.15) is 11.9 Å². The standard InChI is InChI=1S/C51H65F2N11O4/c1-33(65)62-27-19-42(41(32-62)49(55)63-22-7-9-36-28-39(37(30-54)31-56-2)40(48(52)53)29-45(36)63)57-38-17-25-61(26-18-38)21-5-4-20-60-23-15-34(16-24-60)11-12-35-8-6-10-43-47(35)59(3)51(68)64(43)44-13-14-46(66)58-50(44)67/h6,8,10,28-31,34,38,44,48,55,57H,4-5,7,9,13-27,32,54H2,1-3H3,(H,58,66,67). The molecule has 3 fully saturated rings. The third-order valence-electron chi connectivity index (χ3n) is 14.5. The third kappa shape index (κ3) is 10.5. The zero-order chi connectivity index (χ0) is 48.1. The van der Waals surface area contributed by atoms with Crippen LogP contribution in [0.4, 0.5) is 14.5 Å². The van der Waals surface area contributed by atoms with Crippen LogP contribution in [0.1, 0.15) is 106 Å². The van der Waals surface area contributed by atoms with Crippen LogP contribution in [0.2, 0.25) is 0 Å². The first-order valence-corrected chi connectivity index (χ1v) is 24.2. The number of aliphatic imine (C=N–C) groups is 1. The van der Waals surface area contributed by atoms with Gasteiger partial charge in [-0.25, -0.2) is 13.6 Å². The molecule has 2 aromatic carbocycles. The van der Waals surface area contributed by atoms with Crippen molar-refractivity contribution in [2.24, 2.45) is 23.7 Å². The number of imide groups is 1. The SMILES string of the molecule is CN=CC(=CN)c1cc2c(cc1C(F)F)N(C(=N)C1=C(NC3CCN(CCCCN4CCC(C#Cc5cccc6c5n(C)c(=O)n6C5CCC(=O)NC5=O)CC4)CC3)CCN(C(C)=O)C1)CCC2. The van der Waals surface area contributed by atoms with Crippen LogP contribution in [0, 0.1) is 23.2 Å². The maximum atomic E-state index is 14.6. The molecule has 1 aromatic heterocycles. The molecule has 3 aromatic rings. The number of carbonyl (C=O) groups is 3. The second-order valence-corrected chi connectivity index (χ2v) is 18.8. The topological polar surface area (TPSA) is 177 Å². The van der Waals surface area contributed by atoms with Crippen molar-refractivity contribution in [3.63, 3.8) is 0 Å². The number of likely N-dealkylation sites (tertiary alicyclic amines) is 2. The number of halogens is 2. The minimum Gasteiger partial charge on any atom is -0.404 e. The number of aromatic nitrogens is 2. The Labute approximate surface area is 397 Å². The molecule has 362 valence electrons. The molecule has 68 heavy (non-hydrogen) atoms. The van der Waals surface area contributed by atoms with Crippen molar-refractivity contribution in [3.05, 3.63) is 80.5 Å². The van der Waals surface area contributed by atoms with Gasteiger partial charge in [0.05, 0.1) is 23.1 Å². The number of piperidine rings is 3. The number of hydrogen-bond acceptors (Lipinski definition) is 10. The molecule has 8 rings (SSSR count). The molecule has 6 heterocycles. The van der Waals surface area contributed by atoms with E-state index in [1.807, 2.05) is 23.1 Å². The molecule has 0 radical (unpaired) electrons. The number of fused-ring (bicyclic) bond motifs is 2. The quantitative estimate of drug-likeness (QED) is 0.0634. The van der Waals surface area contributed by atoms with E-state index in [9.17, 15) is 33.4 Å². The van der Waals surface area contributed by atoms with Gasteiger partial charge in [0, 0.05) is 113 Å². The van der Waals surface area contributed by atoms with Gasteiger partial charge in [-0.3, -0.25) is 39.2 Å². The highest BCUT2D eigenvalue weighted by Crippen LogP contribution is 2.38. The number of para-hydroxylation sites is 1. The number of allylic oxidation sites excluding steroid dienone is 1. The predicted molar refractivity (Wildman–Crippen MR) is 262 cm³/mol. The Morgan fingerprint density at radius 2 is 1.71 bits per heavy atom. The minimum absolute atomic E-state index is 0.0528. The van der Waals surface area contributed by atoms with Crippen LogP contribution in [0.15, 0.2) is 57.6 Å².